The van der Waals surface area contributed by atoms with E-state index in [1.165, 1.54) is 18.2 Å². The van der Waals surface area contributed by atoms with Gasteiger partial charge in [0.15, 0.2) is 0 Å². The molecule has 0 atom stereocenters. The number of carbonyl (C=O) groups is 1. The van der Waals surface area contributed by atoms with Crippen molar-refractivity contribution in [1.82, 2.24) is 4.98 Å². The standard InChI is InChI=1S/C19H18N2O2/c1-12-7-8-16-17(9-10-20-18(16)13(12)2)21-15-6-4-5-14(11-15)19(22)23-3/h4-11H,1-3H3,(H,20,21). The number of hydrogen-bond donors (Lipinski definition) is 1. The highest BCUT2D eigenvalue weighted by Crippen LogP contribution is 2.28. The van der Waals surface area contributed by atoms with Crippen molar-refractivity contribution in [3.05, 3.63) is 65.4 Å². The first-order chi connectivity index (χ1) is 11.1. The van der Waals surface area contributed by atoms with Gasteiger partial charge in [-0.1, -0.05) is 18.2 Å². The number of nitrogens with one attached hydrogen (secondary N) is 1. The Morgan fingerprint density at radius 2 is 1.96 bits per heavy atom. The number of hydrogen-bond acceptors (Lipinski definition) is 4. The lowest BCUT2D eigenvalue weighted by Crippen LogP contribution is -2.02. The van der Waals surface area contributed by atoms with E-state index in [2.05, 4.69) is 36.3 Å². The smallest absolute Gasteiger partial charge is 0.337 e. The van der Waals surface area contributed by atoms with Crippen LogP contribution < -0.4 is 5.32 Å². The van der Waals surface area contributed by atoms with Crippen molar-refractivity contribution in [3.63, 3.8) is 0 Å². The molecule has 0 aliphatic rings. The fraction of sp³-hybridized carbons (Fsp3) is 0.158. The lowest BCUT2D eigenvalue weighted by Gasteiger charge is -2.12. The van der Waals surface area contributed by atoms with E-state index >= 15 is 0 Å². The van der Waals surface area contributed by atoms with Crippen LogP contribution >= 0.6 is 0 Å². The quantitative estimate of drug-likeness (QED) is 0.729. The Kier molecular flexibility index (Phi) is 3.98. The summed E-state index contributed by atoms with van der Waals surface area (Å²) < 4.78 is 4.76. The number of ether oxygens (including phenoxy) is 1. The van der Waals surface area contributed by atoms with Gasteiger partial charge in [-0.25, -0.2) is 4.79 Å². The van der Waals surface area contributed by atoms with Crippen LogP contribution in [0.15, 0.2) is 48.7 Å². The Bertz CT molecular complexity index is 888. The number of esters is 1. The molecule has 0 unspecified atom stereocenters. The summed E-state index contributed by atoms with van der Waals surface area (Å²) >= 11 is 0. The SMILES string of the molecule is COC(=O)c1cccc(Nc2ccnc3c(C)c(C)ccc23)c1. The molecule has 3 aromatic rings. The molecule has 0 saturated heterocycles. The predicted octanol–water partition coefficient (Wildman–Crippen LogP) is 4.38. The summed E-state index contributed by atoms with van der Waals surface area (Å²) in [5, 5.41) is 4.42. The molecular weight excluding hydrogens is 288 g/mol. The van der Waals surface area contributed by atoms with Crippen LogP contribution in [0.1, 0.15) is 21.5 Å². The number of aromatic nitrogens is 1. The third-order valence-corrected chi connectivity index (χ3v) is 4.00. The lowest BCUT2D eigenvalue weighted by atomic mass is 10.0. The Balaban J connectivity index is 2.02. The monoisotopic (exact) mass is 306 g/mol. The number of benzene rings is 2. The first kappa shape index (κ1) is 15.0. The first-order valence-electron chi connectivity index (χ1n) is 7.40. The molecule has 116 valence electrons. The summed E-state index contributed by atoms with van der Waals surface area (Å²) in [6.45, 7) is 4.16. The normalized spacial score (nSPS) is 10.6. The number of methoxy groups -OCH3 is 1. The van der Waals surface area contributed by atoms with Crippen molar-refractivity contribution in [2.45, 2.75) is 13.8 Å². The molecule has 23 heavy (non-hydrogen) atoms. The Hall–Kier alpha value is -2.88. The maximum atomic E-state index is 11.7. The van der Waals surface area contributed by atoms with E-state index in [0.29, 0.717) is 5.56 Å². The van der Waals surface area contributed by atoms with Crippen LogP contribution in [0.2, 0.25) is 0 Å². The third-order valence-electron chi connectivity index (χ3n) is 4.00. The fourth-order valence-electron chi connectivity index (χ4n) is 2.57. The van der Waals surface area contributed by atoms with Crippen LogP contribution in [0, 0.1) is 13.8 Å². The van der Waals surface area contributed by atoms with Crippen LogP contribution in [0.5, 0.6) is 0 Å². The number of pyridine rings is 1. The van der Waals surface area contributed by atoms with Crippen molar-refractivity contribution in [2.75, 3.05) is 12.4 Å². The van der Waals surface area contributed by atoms with Crippen LogP contribution in [0.3, 0.4) is 0 Å². The molecule has 0 bridgehead atoms. The number of fused-ring (bicyclic) bond motifs is 1. The highest BCUT2D eigenvalue weighted by molar-refractivity contribution is 5.96. The highest BCUT2D eigenvalue weighted by atomic mass is 16.5. The number of carbonyl (C=O) groups excluding carboxylic acids is 1. The van der Waals surface area contributed by atoms with Gasteiger partial charge in [0, 0.05) is 23.0 Å². The van der Waals surface area contributed by atoms with Crippen LogP contribution in [0.25, 0.3) is 10.9 Å². The van der Waals surface area contributed by atoms with Gasteiger partial charge in [0.05, 0.1) is 18.2 Å². The maximum Gasteiger partial charge on any atom is 0.337 e. The second-order valence-corrected chi connectivity index (χ2v) is 5.46. The zero-order valence-corrected chi connectivity index (χ0v) is 13.4. The number of anilines is 2. The highest BCUT2D eigenvalue weighted by Gasteiger charge is 2.08. The molecule has 1 aromatic heterocycles. The predicted molar refractivity (Wildman–Crippen MR) is 92.3 cm³/mol. The zero-order valence-electron chi connectivity index (χ0n) is 13.4. The third kappa shape index (κ3) is 2.88. The van der Waals surface area contributed by atoms with Gasteiger partial charge in [0.1, 0.15) is 0 Å². The van der Waals surface area contributed by atoms with E-state index in [0.717, 1.165) is 22.3 Å². The van der Waals surface area contributed by atoms with Crippen LogP contribution in [-0.2, 0) is 4.74 Å². The van der Waals surface area contributed by atoms with Gasteiger partial charge in [-0.2, -0.15) is 0 Å². The molecule has 0 aliphatic heterocycles. The Labute approximate surface area is 135 Å². The number of rotatable bonds is 3. The van der Waals surface area contributed by atoms with Gasteiger partial charge in [-0.3, -0.25) is 4.98 Å². The summed E-state index contributed by atoms with van der Waals surface area (Å²) in [5.74, 6) is -0.347. The summed E-state index contributed by atoms with van der Waals surface area (Å²) in [5.41, 5.74) is 5.69. The van der Waals surface area contributed by atoms with Crippen LogP contribution in [-0.4, -0.2) is 18.1 Å². The first-order valence-corrected chi connectivity index (χ1v) is 7.40. The van der Waals surface area contributed by atoms with Gasteiger partial charge in [-0.05, 0) is 49.2 Å². The minimum Gasteiger partial charge on any atom is -0.465 e. The second kappa shape index (κ2) is 6.08. The van der Waals surface area contributed by atoms with Crippen molar-refractivity contribution in [1.29, 1.82) is 0 Å². The minimum absolute atomic E-state index is 0.347. The topological polar surface area (TPSA) is 51.2 Å². The van der Waals surface area contributed by atoms with E-state index in [1.807, 2.05) is 18.2 Å². The molecule has 1 heterocycles. The molecule has 0 spiro atoms. The molecule has 0 amide bonds. The van der Waals surface area contributed by atoms with Gasteiger partial charge in [0.25, 0.3) is 0 Å². The fourth-order valence-corrected chi connectivity index (χ4v) is 2.57. The maximum absolute atomic E-state index is 11.7. The van der Waals surface area contributed by atoms with Crippen LogP contribution in [0.4, 0.5) is 11.4 Å². The van der Waals surface area contributed by atoms with Crippen molar-refractivity contribution < 1.29 is 9.53 Å². The van der Waals surface area contributed by atoms with Crippen molar-refractivity contribution >= 4 is 28.2 Å². The second-order valence-electron chi connectivity index (χ2n) is 5.46. The molecule has 4 heteroatoms. The summed E-state index contributed by atoms with van der Waals surface area (Å²) in [7, 11) is 1.38. The average Bonchev–Trinajstić information content (AvgIpc) is 2.58. The van der Waals surface area contributed by atoms with Gasteiger partial charge < -0.3 is 10.1 Å². The molecule has 4 nitrogen and oxygen atoms in total. The molecule has 0 aliphatic carbocycles. The molecule has 3 rings (SSSR count). The molecule has 0 saturated carbocycles. The van der Waals surface area contributed by atoms with Crippen molar-refractivity contribution in [2.24, 2.45) is 0 Å². The van der Waals surface area contributed by atoms with E-state index in [9.17, 15) is 4.79 Å². The number of nitrogens with zero attached hydrogens (tertiary/aromatic N) is 1. The minimum atomic E-state index is -0.347. The zero-order chi connectivity index (χ0) is 16.4. The summed E-state index contributed by atoms with van der Waals surface area (Å²) in [6.07, 6.45) is 1.79. The van der Waals surface area contributed by atoms with Crippen molar-refractivity contribution in [3.8, 4) is 0 Å². The largest absolute Gasteiger partial charge is 0.465 e. The van der Waals surface area contributed by atoms with Gasteiger partial charge in [0.2, 0.25) is 0 Å². The summed E-state index contributed by atoms with van der Waals surface area (Å²) in [6, 6.07) is 13.3. The van der Waals surface area contributed by atoms with E-state index in [1.54, 1.807) is 18.3 Å². The molecule has 1 N–H and O–H groups in total. The average molecular weight is 306 g/mol. The molecule has 0 fully saturated rings. The lowest BCUT2D eigenvalue weighted by molar-refractivity contribution is 0.0601. The summed E-state index contributed by atoms with van der Waals surface area (Å²) in [4.78, 5) is 16.1. The van der Waals surface area contributed by atoms with E-state index in [-0.39, 0.29) is 5.97 Å². The molecule has 0 radical (unpaired) electrons. The Morgan fingerprint density at radius 3 is 2.74 bits per heavy atom. The Morgan fingerprint density at radius 1 is 1.13 bits per heavy atom. The van der Waals surface area contributed by atoms with Gasteiger partial charge in [-0.15, -0.1) is 0 Å². The van der Waals surface area contributed by atoms with E-state index < -0.39 is 0 Å². The molecule has 2 aromatic carbocycles. The van der Waals surface area contributed by atoms with Gasteiger partial charge >= 0.3 is 5.97 Å². The van der Waals surface area contributed by atoms with E-state index in [4.69, 9.17) is 4.74 Å². The number of aryl methyl sites for hydroxylation is 2. The molecular formula is C19H18N2O2.